The van der Waals surface area contributed by atoms with Crippen LogP contribution in [0.2, 0.25) is 0 Å². The minimum absolute atomic E-state index is 0.755. The summed E-state index contributed by atoms with van der Waals surface area (Å²) in [5.41, 5.74) is -0.755. The van der Waals surface area contributed by atoms with Crippen molar-refractivity contribution in [2.45, 2.75) is 45.2 Å². The van der Waals surface area contributed by atoms with E-state index < -0.39 is 23.5 Å². The fraction of sp³-hybridized carbons (Fsp3) is 0.875. The van der Waals surface area contributed by atoms with E-state index >= 15 is 0 Å². The average molecular weight is 174 g/mol. The van der Waals surface area contributed by atoms with Gasteiger partial charge in [-0.3, -0.25) is 0 Å². The number of aliphatic carboxylic acids is 1. The van der Waals surface area contributed by atoms with Crippen LogP contribution in [0.3, 0.4) is 0 Å². The Bertz CT molecular complexity index is 207. The third-order valence-corrected chi connectivity index (χ3v) is 1.77. The van der Waals surface area contributed by atoms with Crippen LogP contribution in [0.1, 0.15) is 27.7 Å². The summed E-state index contributed by atoms with van der Waals surface area (Å²) in [6, 6.07) is 0. The molecule has 0 aromatic carbocycles. The topological polar surface area (TPSA) is 55.8 Å². The molecule has 1 heterocycles. The summed E-state index contributed by atoms with van der Waals surface area (Å²) >= 11 is 0. The third kappa shape index (κ3) is 1.59. The first-order valence-corrected chi connectivity index (χ1v) is 3.85. The molecule has 1 N–H and O–H groups in total. The van der Waals surface area contributed by atoms with E-state index in [1.165, 1.54) is 0 Å². The van der Waals surface area contributed by atoms with E-state index in [0.29, 0.717) is 0 Å². The number of hydrogen-bond acceptors (Lipinski definition) is 3. The highest BCUT2D eigenvalue weighted by Gasteiger charge is 2.50. The van der Waals surface area contributed by atoms with Crippen LogP contribution in [0, 0.1) is 0 Å². The molecule has 0 saturated carbocycles. The van der Waals surface area contributed by atoms with E-state index in [-0.39, 0.29) is 0 Å². The van der Waals surface area contributed by atoms with Gasteiger partial charge in [-0.2, -0.15) is 0 Å². The maximum absolute atomic E-state index is 10.7. The molecule has 1 atom stereocenters. The fourth-order valence-corrected chi connectivity index (χ4v) is 1.48. The number of carboxylic acid groups (broad SMARTS) is 1. The average Bonchev–Trinajstić information content (AvgIpc) is 1.99. The lowest BCUT2D eigenvalue weighted by Crippen LogP contribution is -2.39. The second-order valence-corrected chi connectivity index (χ2v) is 3.94. The van der Waals surface area contributed by atoms with Gasteiger partial charge in [-0.1, -0.05) is 0 Å². The minimum atomic E-state index is -0.981. The molecule has 0 spiro atoms. The molecule has 4 heteroatoms. The van der Waals surface area contributed by atoms with Gasteiger partial charge in [-0.25, -0.2) is 4.79 Å². The fourth-order valence-electron chi connectivity index (χ4n) is 1.48. The Labute approximate surface area is 71.5 Å². The van der Waals surface area contributed by atoms with Crippen LogP contribution in [-0.2, 0) is 14.3 Å². The van der Waals surface area contributed by atoms with Crippen LogP contribution in [0.15, 0.2) is 0 Å². The Morgan fingerprint density at radius 2 is 1.83 bits per heavy atom. The van der Waals surface area contributed by atoms with Gasteiger partial charge >= 0.3 is 5.97 Å². The lowest BCUT2D eigenvalue weighted by atomic mass is 10.0. The molecule has 0 amide bonds. The number of ether oxygens (including phenoxy) is 2. The van der Waals surface area contributed by atoms with Crippen LogP contribution in [0.5, 0.6) is 0 Å². The Balaban J connectivity index is 2.85. The van der Waals surface area contributed by atoms with Crippen molar-refractivity contribution in [2.75, 3.05) is 0 Å². The van der Waals surface area contributed by atoms with Crippen LogP contribution in [-0.4, -0.2) is 28.6 Å². The summed E-state index contributed by atoms with van der Waals surface area (Å²) in [5.74, 6) is -1.78. The smallest absolute Gasteiger partial charge is 0.335 e. The Kier molecular flexibility index (Phi) is 1.92. The Morgan fingerprint density at radius 1 is 1.33 bits per heavy atom. The highest BCUT2D eigenvalue weighted by atomic mass is 16.8. The zero-order chi connectivity index (χ0) is 9.57. The monoisotopic (exact) mass is 174 g/mol. The SMILES string of the molecule is CC1(C)O[C@@H](C(=O)O)C(C)(C)O1. The second kappa shape index (κ2) is 2.44. The maximum atomic E-state index is 10.7. The van der Waals surface area contributed by atoms with Gasteiger partial charge in [-0.15, -0.1) is 0 Å². The molecule has 0 aromatic heterocycles. The maximum Gasteiger partial charge on any atom is 0.335 e. The van der Waals surface area contributed by atoms with E-state index in [0.717, 1.165) is 0 Å². The van der Waals surface area contributed by atoms with E-state index in [2.05, 4.69) is 0 Å². The number of carboxylic acids is 1. The molecule has 1 saturated heterocycles. The Hall–Kier alpha value is -0.610. The molecule has 1 aliphatic rings. The number of rotatable bonds is 1. The van der Waals surface area contributed by atoms with Crippen LogP contribution < -0.4 is 0 Å². The highest BCUT2D eigenvalue weighted by Crippen LogP contribution is 2.35. The van der Waals surface area contributed by atoms with Gasteiger partial charge in [0.15, 0.2) is 11.9 Å². The van der Waals surface area contributed by atoms with E-state index in [1.54, 1.807) is 27.7 Å². The van der Waals surface area contributed by atoms with Gasteiger partial charge in [0.05, 0.1) is 0 Å². The lowest BCUT2D eigenvalue weighted by Gasteiger charge is -2.21. The van der Waals surface area contributed by atoms with Gasteiger partial charge in [-0.05, 0) is 27.7 Å². The molecule has 0 unspecified atom stereocenters. The predicted molar refractivity (Wildman–Crippen MR) is 41.8 cm³/mol. The molecule has 12 heavy (non-hydrogen) atoms. The van der Waals surface area contributed by atoms with Crippen LogP contribution in [0.25, 0.3) is 0 Å². The lowest BCUT2D eigenvalue weighted by molar-refractivity contribution is -0.168. The molecule has 1 aliphatic heterocycles. The van der Waals surface area contributed by atoms with Crippen molar-refractivity contribution in [3.8, 4) is 0 Å². The molecule has 0 bridgehead atoms. The molecule has 0 aromatic rings. The predicted octanol–water partition coefficient (Wildman–Crippen LogP) is 1.00. The first kappa shape index (κ1) is 9.48. The van der Waals surface area contributed by atoms with Gasteiger partial charge in [0.1, 0.15) is 5.60 Å². The quantitative estimate of drug-likeness (QED) is 0.644. The normalized spacial score (nSPS) is 31.8. The summed E-state index contributed by atoms with van der Waals surface area (Å²) in [7, 11) is 0. The largest absolute Gasteiger partial charge is 0.479 e. The van der Waals surface area contributed by atoms with Gasteiger partial charge < -0.3 is 14.6 Å². The van der Waals surface area contributed by atoms with Gasteiger partial charge in [0, 0.05) is 0 Å². The molecule has 4 nitrogen and oxygen atoms in total. The van der Waals surface area contributed by atoms with E-state index in [1.807, 2.05) is 0 Å². The molecule has 0 aliphatic carbocycles. The second-order valence-electron chi connectivity index (χ2n) is 3.94. The number of carbonyl (C=O) groups is 1. The van der Waals surface area contributed by atoms with E-state index in [9.17, 15) is 4.79 Å². The van der Waals surface area contributed by atoms with Crippen molar-refractivity contribution in [2.24, 2.45) is 0 Å². The standard InChI is InChI=1S/C8H14O4/c1-7(2)5(6(9)10)11-8(3,4)12-7/h5H,1-4H3,(H,9,10)/t5-/m0/s1. The molecule has 1 rings (SSSR count). The Morgan fingerprint density at radius 3 is 2.00 bits per heavy atom. The number of hydrogen-bond donors (Lipinski definition) is 1. The molecule has 1 fully saturated rings. The highest BCUT2D eigenvalue weighted by molar-refractivity contribution is 5.74. The van der Waals surface area contributed by atoms with Crippen molar-refractivity contribution >= 4 is 5.97 Å². The summed E-state index contributed by atoms with van der Waals surface area (Å²) in [4.78, 5) is 10.7. The summed E-state index contributed by atoms with van der Waals surface area (Å²) in [5, 5.41) is 8.78. The summed E-state index contributed by atoms with van der Waals surface area (Å²) in [6.07, 6.45) is -0.882. The molecule has 70 valence electrons. The van der Waals surface area contributed by atoms with Crippen molar-refractivity contribution in [3.05, 3.63) is 0 Å². The van der Waals surface area contributed by atoms with Crippen molar-refractivity contribution < 1.29 is 19.4 Å². The minimum Gasteiger partial charge on any atom is -0.479 e. The van der Waals surface area contributed by atoms with Gasteiger partial charge in [0.2, 0.25) is 0 Å². The van der Waals surface area contributed by atoms with Crippen molar-refractivity contribution in [1.82, 2.24) is 0 Å². The zero-order valence-electron chi connectivity index (χ0n) is 7.75. The van der Waals surface area contributed by atoms with Gasteiger partial charge in [0.25, 0.3) is 0 Å². The van der Waals surface area contributed by atoms with Crippen LogP contribution >= 0.6 is 0 Å². The zero-order valence-corrected chi connectivity index (χ0v) is 7.75. The summed E-state index contributed by atoms with van der Waals surface area (Å²) < 4.78 is 10.6. The summed E-state index contributed by atoms with van der Waals surface area (Å²) in [6.45, 7) is 6.83. The first-order valence-electron chi connectivity index (χ1n) is 3.85. The van der Waals surface area contributed by atoms with Crippen molar-refractivity contribution in [3.63, 3.8) is 0 Å². The molecular formula is C8H14O4. The third-order valence-electron chi connectivity index (χ3n) is 1.77. The van der Waals surface area contributed by atoms with Crippen molar-refractivity contribution in [1.29, 1.82) is 0 Å². The van der Waals surface area contributed by atoms with Crippen LogP contribution in [0.4, 0.5) is 0 Å². The first-order chi connectivity index (χ1) is 5.25. The molecule has 0 radical (unpaired) electrons. The van der Waals surface area contributed by atoms with E-state index in [4.69, 9.17) is 14.6 Å². The molecular weight excluding hydrogens is 160 g/mol.